The number of pyridine rings is 1. The van der Waals surface area contributed by atoms with Crippen LogP contribution >= 0.6 is 0 Å². The van der Waals surface area contributed by atoms with Gasteiger partial charge in [0, 0.05) is 17.8 Å². The molecule has 2 fully saturated rings. The van der Waals surface area contributed by atoms with Gasteiger partial charge in [-0.1, -0.05) is 6.07 Å². The largest absolute Gasteiger partial charge is 0.440 e. The number of benzene rings is 1. The van der Waals surface area contributed by atoms with E-state index < -0.39 is 0 Å². The van der Waals surface area contributed by atoms with Gasteiger partial charge >= 0.3 is 0 Å². The molecular weight excluding hydrogens is 286 g/mol. The van der Waals surface area contributed by atoms with Gasteiger partial charge in [-0.25, -0.2) is 4.98 Å². The quantitative estimate of drug-likeness (QED) is 0.744. The number of oxazole rings is 1. The molecule has 0 saturated heterocycles. The van der Waals surface area contributed by atoms with Gasteiger partial charge < -0.3 is 9.73 Å². The van der Waals surface area contributed by atoms with Crippen molar-refractivity contribution in [3.63, 3.8) is 0 Å². The molecule has 4 nitrogen and oxygen atoms in total. The van der Waals surface area contributed by atoms with Gasteiger partial charge in [-0.15, -0.1) is 0 Å². The molecule has 0 radical (unpaired) electrons. The van der Waals surface area contributed by atoms with Crippen LogP contribution in [0.1, 0.15) is 49.2 Å². The highest BCUT2D eigenvalue weighted by atomic mass is 16.3. The summed E-state index contributed by atoms with van der Waals surface area (Å²) in [6, 6.07) is 12.6. The maximum Gasteiger partial charge on any atom is 0.198 e. The Balaban J connectivity index is 1.44. The van der Waals surface area contributed by atoms with Crippen molar-refractivity contribution in [2.75, 3.05) is 5.32 Å². The number of anilines is 1. The third-order valence-electron chi connectivity index (χ3n) is 4.75. The lowest BCUT2D eigenvalue weighted by Gasteiger charge is -2.19. The van der Waals surface area contributed by atoms with Gasteiger partial charge in [-0.3, -0.25) is 4.98 Å². The van der Waals surface area contributed by atoms with Crippen LogP contribution in [0.25, 0.3) is 11.1 Å². The maximum atomic E-state index is 5.85. The minimum Gasteiger partial charge on any atom is -0.440 e. The molecule has 2 heterocycles. The Morgan fingerprint density at radius 1 is 1.09 bits per heavy atom. The average Bonchev–Trinajstić information content (AvgIpc) is 3.50. The fourth-order valence-electron chi connectivity index (χ4n) is 3.14. The third kappa shape index (κ3) is 2.58. The molecule has 2 aromatic heterocycles. The molecule has 0 spiro atoms. The van der Waals surface area contributed by atoms with E-state index in [1.165, 1.54) is 25.7 Å². The van der Waals surface area contributed by atoms with E-state index in [1.807, 2.05) is 18.3 Å². The van der Waals surface area contributed by atoms with E-state index in [0.717, 1.165) is 28.4 Å². The van der Waals surface area contributed by atoms with Gasteiger partial charge in [-0.2, -0.15) is 0 Å². The first kappa shape index (κ1) is 13.1. The Labute approximate surface area is 134 Å². The molecule has 1 aromatic carbocycles. The number of aromatic nitrogens is 2. The lowest BCUT2D eigenvalue weighted by atomic mass is 10.1. The molecule has 0 aliphatic heterocycles. The topological polar surface area (TPSA) is 51.0 Å². The molecule has 1 unspecified atom stereocenters. The summed E-state index contributed by atoms with van der Waals surface area (Å²) in [6.07, 6.45) is 6.83. The molecule has 4 heteroatoms. The van der Waals surface area contributed by atoms with Crippen LogP contribution < -0.4 is 5.32 Å². The van der Waals surface area contributed by atoms with Crippen LogP contribution in [0.2, 0.25) is 0 Å². The van der Waals surface area contributed by atoms with Crippen molar-refractivity contribution in [2.24, 2.45) is 5.92 Å². The second kappa shape index (κ2) is 5.08. The first-order valence-electron chi connectivity index (χ1n) is 8.45. The number of hydrogen-bond acceptors (Lipinski definition) is 4. The summed E-state index contributed by atoms with van der Waals surface area (Å²) in [7, 11) is 0. The molecular formula is C19H19N3O. The number of hydrogen-bond donors (Lipinski definition) is 1. The first-order valence-corrected chi connectivity index (χ1v) is 8.45. The Bertz CT molecular complexity index is 834. The summed E-state index contributed by atoms with van der Waals surface area (Å²) in [6.45, 7) is 0. The van der Waals surface area contributed by atoms with Gasteiger partial charge in [0.15, 0.2) is 11.5 Å². The van der Waals surface area contributed by atoms with Crippen molar-refractivity contribution < 1.29 is 4.42 Å². The van der Waals surface area contributed by atoms with Gasteiger partial charge in [0.05, 0.1) is 11.7 Å². The lowest BCUT2D eigenvalue weighted by Crippen LogP contribution is -2.14. The summed E-state index contributed by atoms with van der Waals surface area (Å²) < 4.78 is 5.85. The van der Waals surface area contributed by atoms with Crippen LogP contribution in [0.4, 0.5) is 5.69 Å². The van der Waals surface area contributed by atoms with Crippen molar-refractivity contribution in [3.8, 4) is 0 Å². The summed E-state index contributed by atoms with van der Waals surface area (Å²) in [5.41, 5.74) is 4.05. The first-order chi connectivity index (χ1) is 11.4. The highest BCUT2D eigenvalue weighted by Crippen LogP contribution is 2.43. The van der Waals surface area contributed by atoms with Crippen LogP contribution in [-0.4, -0.2) is 9.97 Å². The highest BCUT2D eigenvalue weighted by Gasteiger charge is 2.33. The van der Waals surface area contributed by atoms with Gasteiger partial charge in [0.2, 0.25) is 0 Å². The molecule has 2 aliphatic carbocycles. The molecule has 3 aromatic rings. The van der Waals surface area contributed by atoms with E-state index in [2.05, 4.69) is 39.6 Å². The van der Waals surface area contributed by atoms with Crippen molar-refractivity contribution in [2.45, 2.75) is 37.6 Å². The monoisotopic (exact) mass is 305 g/mol. The predicted molar refractivity (Wildman–Crippen MR) is 89.3 cm³/mol. The molecule has 5 rings (SSSR count). The predicted octanol–water partition coefficient (Wildman–Crippen LogP) is 4.66. The number of nitrogens with zero attached hydrogens (tertiary/aromatic N) is 2. The average molecular weight is 305 g/mol. The molecule has 1 N–H and O–H groups in total. The number of fused-ring (bicyclic) bond motifs is 1. The normalized spacial score (nSPS) is 19.0. The summed E-state index contributed by atoms with van der Waals surface area (Å²) in [5.74, 6) is 2.13. The molecule has 0 bridgehead atoms. The number of nitrogens with one attached hydrogen (secondary N) is 1. The van der Waals surface area contributed by atoms with Crippen molar-refractivity contribution in [3.05, 3.63) is 54.2 Å². The Morgan fingerprint density at radius 3 is 2.74 bits per heavy atom. The zero-order valence-corrected chi connectivity index (χ0v) is 12.9. The third-order valence-corrected chi connectivity index (χ3v) is 4.75. The van der Waals surface area contributed by atoms with Crippen LogP contribution in [0.15, 0.2) is 47.0 Å². The lowest BCUT2D eigenvalue weighted by molar-refractivity contribution is 0.533. The van der Waals surface area contributed by atoms with E-state index in [0.29, 0.717) is 11.8 Å². The smallest absolute Gasteiger partial charge is 0.198 e. The van der Waals surface area contributed by atoms with Crippen molar-refractivity contribution >= 4 is 16.8 Å². The molecule has 0 amide bonds. The van der Waals surface area contributed by atoms with Gasteiger partial charge in [-0.05, 0) is 61.9 Å². The highest BCUT2D eigenvalue weighted by molar-refractivity contribution is 5.77. The van der Waals surface area contributed by atoms with Crippen LogP contribution in [0.3, 0.4) is 0 Å². The summed E-state index contributed by atoms with van der Waals surface area (Å²) >= 11 is 0. The molecule has 1 atom stereocenters. The minimum atomic E-state index is 0.281. The van der Waals surface area contributed by atoms with E-state index in [9.17, 15) is 0 Å². The Morgan fingerprint density at radius 2 is 2.00 bits per heavy atom. The fourth-order valence-corrected chi connectivity index (χ4v) is 3.14. The molecule has 2 saturated carbocycles. The summed E-state index contributed by atoms with van der Waals surface area (Å²) in [4.78, 5) is 9.19. The molecule has 2 aliphatic rings. The van der Waals surface area contributed by atoms with Gasteiger partial charge in [0.25, 0.3) is 0 Å². The van der Waals surface area contributed by atoms with Crippen LogP contribution in [-0.2, 0) is 0 Å². The Kier molecular flexibility index (Phi) is 2.90. The molecule has 116 valence electrons. The standard InChI is InChI=1S/C19H19N3O/c1-2-10-20-15(3-1)18(12-4-5-12)21-14-8-9-17-16(11-14)22-19(23-17)13-6-7-13/h1-3,8-13,18,21H,4-7H2. The van der Waals surface area contributed by atoms with Crippen molar-refractivity contribution in [1.82, 2.24) is 9.97 Å². The second-order valence-corrected chi connectivity index (χ2v) is 6.72. The van der Waals surface area contributed by atoms with Gasteiger partial charge in [0.1, 0.15) is 5.52 Å². The SMILES string of the molecule is c1ccc(C(Nc2ccc3oc(C4CC4)nc3c2)C2CC2)nc1. The van der Waals surface area contributed by atoms with Crippen LogP contribution in [0.5, 0.6) is 0 Å². The van der Waals surface area contributed by atoms with E-state index in [-0.39, 0.29) is 6.04 Å². The van der Waals surface area contributed by atoms with Crippen LogP contribution in [0, 0.1) is 5.92 Å². The Hall–Kier alpha value is -2.36. The molecule has 23 heavy (non-hydrogen) atoms. The van der Waals surface area contributed by atoms with Crippen molar-refractivity contribution in [1.29, 1.82) is 0 Å². The summed E-state index contributed by atoms with van der Waals surface area (Å²) in [5, 5.41) is 3.66. The second-order valence-electron chi connectivity index (χ2n) is 6.72. The number of rotatable bonds is 5. The maximum absolute atomic E-state index is 5.85. The fraction of sp³-hybridized carbons (Fsp3) is 0.368. The van der Waals surface area contributed by atoms with E-state index in [1.54, 1.807) is 0 Å². The minimum absolute atomic E-state index is 0.281. The zero-order valence-electron chi connectivity index (χ0n) is 12.9. The van der Waals surface area contributed by atoms with E-state index >= 15 is 0 Å². The zero-order chi connectivity index (χ0) is 15.2. The van der Waals surface area contributed by atoms with E-state index in [4.69, 9.17) is 4.42 Å².